The number of halogens is 4. The number of ether oxygens (including phenoxy) is 3. The fourth-order valence-electron chi connectivity index (χ4n) is 3.24. The largest absolute Gasteiger partial charge is 0.493 e. The van der Waals surface area contributed by atoms with Crippen LogP contribution in [0.3, 0.4) is 0 Å². The zero-order chi connectivity index (χ0) is 21.4. The van der Waals surface area contributed by atoms with Crippen LogP contribution < -0.4 is 24.8 Å². The molecule has 1 fully saturated rings. The summed E-state index contributed by atoms with van der Waals surface area (Å²) in [6.07, 6.45) is -3.55. The van der Waals surface area contributed by atoms with Gasteiger partial charge in [0.15, 0.2) is 17.5 Å². The molecule has 0 aliphatic carbocycles. The summed E-state index contributed by atoms with van der Waals surface area (Å²) < 4.78 is 54.0. The Kier molecular flexibility index (Phi) is 10.8. The summed E-state index contributed by atoms with van der Waals surface area (Å²) >= 11 is 0. The molecule has 0 saturated carbocycles. The summed E-state index contributed by atoms with van der Waals surface area (Å²) in [5, 5.41) is 6.36. The topological polar surface area (TPSA) is 67.4 Å². The van der Waals surface area contributed by atoms with Crippen molar-refractivity contribution in [1.82, 2.24) is 15.5 Å². The van der Waals surface area contributed by atoms with Gasteiger partial charge in [-0.2, -0.15) is 13.2 Å². The molecule has 1 aromatic carbocycles. The predicted molar refractivity (Wildman–Crippen MR) is 120 cm³/mol. The number of nitrogens with one attached hydrogen (secondary N) is 2. The van der Waals surface area contributed by atoms with Gasteiger partial charge in [-0.25, -0.2) is 0 Å². The molecule has 0 spiro atoms. The SMILES string of the molecule is CCOc1c(OC)cc(CNC(=NC)NC2CCN(CC(F)(F)F)C2)cc1OC.I. The maximum Gasteiger partial charge on any atom is 0.401 e. The van der Waals surface area contributed by atoms with E-state index in [1.165, 1.54) is 4.90 Å². The summed E-state index contributed by atoms with van der Waals surface area (Å²) in [4.78, 5) is 5.56. The lowest BCUT2D eigenvalue weighted by atomic mass is 10.1. The van der Waals surface area contributed by atoms with Crippen molar-refractivity contribution in [1.29, 1.82) is 0 Å². The Hall–Kier alpha value is -1.63. The number of alkyl halides is 3. The van der Waals surface area contributed by atoms with Crippen LogP contribution in [-0.4, -0.2) is 70.6 Å². The van der Waals surface area contributed by atoms with Crippen molar-refractivity contribution in [2.45, 2.75) is 32.1 Å². The lowest BCUT2D eigenvalue weighted by Crippen LogP contribution is -2.44. The first-order valence-electron chi connectivity index (χ1n) is 9.43. The number of hydrogen-bond acceptors (Lipinski definition) is 5. The van der Waals surface area contributed by atoms with Gasteiger partial charge in [-0.05, 0) is 31.0 Å². The highest BCUT2D eigenvalue weighted by Crippen LogP contribution is 2.38. The molecular weight excluding hydrogens is 516 g/mol. The van der Waals surface area contributed by atoms with Crippen molar-refractivity contribution in [2.24, 2.45) is 4.99 Å². The summed E-state index contributed by atoms with van der Waals surface area (Å²) in [6.45, 7) is 2.63. The molecule has 0 aromatic heterocycles. The Balaban J connectivity index is 0.00000450. The Morgan fingerprint density at radius 1 is 1.23 bits per heavy atom. The zero-order valence-electron chi connectivity index (χ0n) is 17.6. The van der Waals surface area contributed by atoms with Gasteiger partial charge in [-0.3, -0.25) is 9.89 Å². The molecule has 1 heterocycles. The number of nitrogens with zero attached hydrogens (tertiary/aromatic N) is 2. The molecule has 7 nitrogen and oxygen atoms in total. The Bertz CT molecular complexity index is 679. The number of rotatable bonds is 8. The fourth-order valence-corrected chi connectivity index (χ4v) is 3.24. The normalized spacial score (nSPS) is 17.3. The smallest absolute Gasteiger partial charge is 0.401 e. The zero-order valence-corrected chi connectivity index (χ0v) is 20.0. The van der Waals surface area contributed by atoms with E-state index in [0.29, 0.717) is 55.9 Å². The van der Waals surface area contributed by atoms with Gasteiger partial charge in [0.05, 0.1) is 27.4 Å². The molecule has 1 aromatic rings. The van der Waals surface area contributed by atoms with Crippen LogP contribution >= 0.6 is 24.0 Å². The van der Waals surface area contributed by atoms with Gasteiger partial charge in [-0.1, -0.05) is 0 Å². The summed E-state index contributed by atoms with van der Waals surface area (Å²) in [7, 11) is 4.74. The second-order valence-corrected chi connectivity index (χ2v) is 6.67. The quantitative estimate of drug-likeness (QED) is 0.297. The number of likely N-dealkylation sites (tertiary alicyclic amines) is 1. The molecule has 0 radical (unpaired) electrons. The molecule has 1 unspecified atom stereocenters. The molecule has 2 N–H and O–H groups in total. The lowest BCUT2D eigenvalue weighted by molar-refractivity contribution is -0.143. The van der Waals surface area contributed by atoms with Gasteiger partial charge in [0.25, 0.3) is 0 Å². The highest BCUT2D eigenvalue weighted by Gasteiger charge is 2.34. The molecule has 0 bridgehead atoms. The predicted octanol–water partition coefficient (Wildman–Crippen LogP) is 3.02. The van der Waals surface area contributed by atoms with Crippen LogP contribution in [0.1, 0.15) is 18.9 Å². The van der Waals surface area contributed by atoms with Crippen molar-refractivity contribution in [3.63, 3.8) is 0 Å². The molecule has 2 rings (SSSR count). The van der Waals surface area contributed by atoms with Crippen molar-refractivity contribution in [3.05, 3.63) is 17.7 Å². The van der Waals surface area contributed by atoms with E-state index in [0.717, 1.165) is 5.56 Å². The Morgan fingerprint density at radius 2 is 1.87 bits per heavy atom. The van der Waals surface area contributed by atoms with E-state index in [1.807, 2.05) is 19.1 Å². The Morgan fingerprint density at radius 3 is 2.37 bits per heavy atom. The van der Waals surface area contributed by atoms with E-state index in [4.69, 9.17) is 14.2 Å². The van der Waals surface area contributed by atoms with Crippen molar-refractivity contribution < 1.29 is 27.4 Å². The van der Waals surface area contributed by atoms with E-state index in [1.54, 1.807) is 21.3 Å². The van der Waals surface area contributed by atoms with Gasteiger partial charge in [-0.15, -0.1) is 24.0 Å². The van der Waals surface area contributed by atoms with Crippen LogP contribution in [0.25, 0.3) is 0 Å². The average molecular weight is 546 g/mol. The third-order valence-electron chi connectivity index (χ3n) is 4.51. The Labute approximate surface area is 192 Å². The third kappa shape index (κ3) is 7.89. The molecule has 172 valence electrons. The molecule has 1 atom stereocenters. The molecule has 0 amide bonds. The highest BCUT2D eigenvalue weighted by molar-refractivity contribution is 14.0. The van der Waals surface area contributed by atoms with E-state index < -0.39 is 12.7 Å². The molecule has 1 aliphatic heterocycles. The monoisotopic (exact) mass is 546 g/mol. The van der Waals surface area contributed by atoms with Crippen molar-refractivity contribution >= 4 is 29.9 Å². The molecule has 1 aliphatic rings. The van der Waals surface area contributed by atoms with Crippen molar-refractivity contribution in [2.75, 3.05) is 47.5 Å². The first kappa shape index (κ1) is 26.4. The molecule has 11 heteroatoms. The van der Waals surface area contributed by atoms with E-state index in [9.17, 15) is 13.2 Å². The van der Waals surface area contributed by atoms with Gasteiger partial charge < -0.3 is 24.8 Å². The van der Waals surface area contributed by atoms with Gasteiger partial charge in [0, 0.05) is 32.7 Å². The van der Waals surface area contributed by atoms with E-state index in [-0.39, 0.29) is 30.0 Å². The summed E-state index contributed by atoms with van der Waals surface area (Å²) in [5.41, 5.74) is 0.884. The standard InChI is InChI=1S/C19H29F3N4O3.HI/c1-5-29-17-15(27-3)8-13(9-16(17)28-4)10-24-18(23-2)25-14-6-7-26(11-14)12-19(20,21)22;/h8-9,14H,5-7,10-12H2,1-4H3,(H2,23,24,25);1H. The van der Waals surface area contributed by atoms with Crippen LogP contribution in [-0.2, 0) is 6.54 Å². The maximum atomic E-state index is 12.5. The van der Waals surface area contributed by atoms with Crippen molar-refractivity contribution in [3.8, 4) is 17.2 Å². The minimum atomic E-state index is -4.18. The molecule has 30 heavy (non-hydrogen) atoms. The third-order valence-corrected chi connectivity index (χ3v) is 4.51. The van der Waals surface area contributed by atoms with Crippen LogP contribution in [0, 0.1) is 0 Å². The number of benzene rings is 1. The first-order chi connectivity index (χ1) is 13.8. The van der Waals surface area contributed by atoms with Crippen LogP contribution in [0.4, 0.5) is 13.2 Å². The number of guanidine groups is 1. The summed E-state index contributed by atoms with van der Waals surface area (Å²) in [5.74, 6) is 2.18. The molecular formula is C19H30F3IN4O3. The number of hydrogen-bond donors (Lipinski definition) is 2. The number of aliphatic imine (C=N–C) groups is 1. The summed E-state index contributed by atoms with van der Waals surface area (Å²) in [6, 6.07) is 3.59. The van der Waals surface area contributed by atoms with Gasteiger partial charge in [0.1, 0.15) is 0 Å². The second-order valence-electron chi connectivity index (χ2n) is 6.67. The van der Waals surface area contributed by atoms with Crippen LogP contribution in [0.2, 0.25) is 0 Å². The fraction of sp³-hybridized carbons (Fsp3) is 0.632. The lowest BCUT2D eigenvalue weighted by Gasteiger charge is -2.20. The van der Waals surface area contributed by atoms with Gasteiger partial charge >= 0.3 is 6.18 Å². The first-order valence-corrected chi connectivity index (χ1v) is 9.43. The van der Waals surface area contributed by atoms with E-state index >= 15 is 0 Å². The van der Waals surface area contributed by atoms with Crippen LogP contribution in [0.5, 0.6) is 17.2 Å². The average Bonchev–Trinajstić information content (AvgIpc) is 3.10. The van der Waals surface area contributed by atoms with E-state index in [2.05, 4.69) is 15.6 Å². The highest BCUT2D eigenvalue weighted by atomic mass is 127. The maximum absolute atomic E-state index is 12.5. The second kappa shape index (κ2) is 12.3. The number of methoxy groups -OCH3 is 2. The van der Waals surface area contributed by atoms with Gasteiger partial charge in [0.2, 0.25) is 5.75 Å². The molecule has 1 saturated heterocycles. The van der Waals surface area contributed by atoms with Crippen LogP contribution in [0.15, 0.2) is 17.1 Å². The minimum absolute atomic E-state index is 0. The minimum Gasteiger partial charge on any atom is -0.493 e.